The maximum Gasteiger partial charge on any atom is 0.321 e. The molecule has 25 heavy (non-hydrogen) atoms. The predicted molar refractivity (Wildman–Crippen MR) is 97.7 cm³/mol. The lowest BCUT2D eigenvalue weighted by Crippen LogP contribution is -2.28. The van der Waals surface area contributed by atoms with E-state index in [2.05, 4.69) is 25.6 Å². The summed E-state index contributed by atoms with van der Waals surface area (Å²) in [5.74, 6) is 2.21. The molecule has 0 aliphatic rings. The summed E-state index contributed by atoms with van der Waals surface area (Å²) in [6.45, 7) is 2.39. The Morgan fingerprint density at radius 1 is 1.28 bits per heavy atom. The van der Waals surface area contributed by atoms with Gasteiger partial charge in [0, 0.05) is 12.6 Å². The highest BCUT2D eigenvalue weighted by Crippen LogP contribution is 2.30. The van der Waals surface area contributed by atoms with Gasteiger partial charge in [0.2, 0.25) is 5.89 Å². The van der Waals surface area contributed by atoms with Gasteiger partial charge in [0.1, 0.15) is 5.76 Å². The van der Waals surface area contributed by atoms with E-state index < -0.39 is 0 Å². The minimum Gasteiger partial charge on any atom is -0.445 e. The third kappa shape index (κ3) is 5.30. The van der Waals surface area contributed by atoms with Gasteiger partial charge in [-0.25, -0.2) is 14.8 Å². The summed E-state index contributed by atoms with van der Waals surface area (Å²) >= 11 is 2.98. The van der Waals surface area contributed by atoms with Crippen molar-refractivity contribution >= 4 is 34.3 Å². The van der Waals surface area contributed by atoms with Crippen LogP contribution in [0.2, 0.25) is 0 Å². The fourth-order valence-corrected chi connectivity index (χ4v) is 3.63. The van der Waals surface area contributed by atoms with Gasteiger partial charge >= 0.3 is 6.03 Å². The number of rotatable bonds is 7. The first kappa shape index (κ1) is 17.4. The van der Waals surface area contributed by atoms with Crippen LogP contribution in [0.15, 0.2) is 45.4 Å². The Balaban J connectivity index is 1.45. The Morgan fingerprint density at radius 2 is 2.20 bits per heavy atom. The van der Waals surface area contributed by atoms with Crippen molar-refractivity contribution in [3.8, 4) is 0 Å². The van der Waals surface area contributed by atoms with E-state index >= 15 is 0 Å². The third-order valence-electron chi connectivity index (χ3n) is 3.15. The fourth-order valence-electron chi connectivity index (χ4n) is 1.91. The van der Waals surface area contributed by atoms with Crippen LogP contribution in [-0.2, 0) is 18.7 Å². The zero-order chi connectivity index (χ0) is 17.5. The van der Waals surface area contributed by atoms with Gasteiger partial charge in [-0.2, -0.15) is 0 Å². The van der Waals surface area contributed by atoms with Gasteiger partial charge in [-0.1, -0.05) is 24.3 Å². The minimum absolute atomic E-state index is 0.308. The number of nitrogens with one attached hydrogen (secondary N) is 2. The molecule has 0 atom stereocenters. The molecule has 0 saturated carbocycles. The fraction of sp³-hybridized carbons (Fsp3) is 0.250. The number of aromatic nitrogens is 3. The van der Waals surface area contributed by atoms with Crippen molar-refractivity contribution in [3.05, 3.63) is 54.1 Å². The summed E-state index contributed by atoms with van der Waals surface area (Å²) in [5, 5.41) is 6.01. The van der Waals surface area contributed by atoms with Gasteiger partial charge < -0.3 is 9.73 Å². The Morgan fingerprint density at radius 3 is 2.96 bits per heavy atom. The molecule has 3 heterocycles. The van der Waals surface area contributed by atoms with Gasteiger partial charge in [0.05, 0.1) is 34.6 Å². The molecule has 7 nitrogen and oxygen atoms in total. The lowest BCUT2D eigenvalue weighted by molar-refractivity contribution is 0.251. The van der Waals surface area contributed by atoms with E-state index in [1.807, 2.05) is 25.1 Å². The molecule has 0 spiro atoms. The zero-order valence-corrected chi connectivity index (χ0v) is 15.2. The van der Waals surface area contributed by atoms with Crippen molar-refractivity contribution in [2.24, 2.45) is 0 Å². The highest BCUT2D eigenvalue weighted by molar-refractivity contribution is 8.00. The van der Waals surface area contributed by atoms with E-state index in [-0.39, 0.29) is 6.03 Å². The quantitative estimate of drug-likeness (QED) is 0.612. The van der Waals surface area contributed by atoms with E-state index in [9.17, 15) is 4.79 Å². The number of amides is 2. The molecule has 2 N–H and O–H groups in total. The number of carbonyl (C=O) groups is 1. The van der Waals surface area contributed by atoms with E-state index in [4.69, 9.17) is 4.42 Å². The summed E-state index contributed by atoms with van der Waals surface area (Å²) in [6.07, 6.45) is 6.01. The Kier molecular flexibility index (Phi) is 6.02. The first-order valence-corrected chi connectivity index (χ1v) is 9.50. The molecular formula is C16H17N5O2S2. The molecule has 0 fully saturated rings. The summed E-state index contributed by atoms with van der Waals surface area (Å²) in [5.41, 5.74) is 0.797. The Hall–Kier alpha value is -2.39. The number of thioether (sulfide) groups is 1. The molecule has 0 saturated heterocycles. The van der Waals surface area contributed by atoms with Crippen molar-refractivity contribution in [3.63, 3.8) is 0 Å². The van der Waals surface area contributed by atoms with Crippen LogP contribution in [0.25, 0.3) is 0 Å². The molecule has 2 amide bonds. The van der Waals surface area contributed by atoms with Gasteiger partial charge in [-0.15, -0.1) is 11.8 Å². The average molecular weight is 375 g/mol. The van der Waals surface area contributed by atoms with Crippen molar-refractivity contribution in [2.45, 2.75) is 29.9 Å². The minimum atomic E-state index is -0.308. The van der Waals surface area contributed by atoms with Crippen LogP contribution < -0.4 is 10.6 Å². The molecule has 3 aromatic rings. The Labute approximate surface area is 153 Å². The highest BCUT2D eigenvalue weighted by Gasteiger charge is 2.09. The highest BCUT2D eigenvalue weighted by atomic mass is 32.2. The number of hydrogen-bond donors (Lipinski definition) is 2. The smallest absolute Gasteiger partial charge is 0.321 e. The van der Waals surface area contributed by atoms with Crippen LogP contribution in [0.5, 0.6) is 0 Å². The number of aryl methyl sites for hydroxylation is 1. The summed E-state index contributed by atoms with van der Waals surface area (Å²) in [7, 11) is 0. The molecule has 0 aliphatic carbocycles. The van der Waals surface area contributed by atoms with E-state index in [1.54, 1.807) is 30.4 Å². The van der Waals surface area contributed by atoms with Crippen molar-refractivity contribution in [1.82, 2.24) is 20.3 Å². The topological polar surface area (TPSA) is 92.9 Å². The second-order valence-corrected chi connectivity index (χ2v) is 7.28. The molecule has 0 aromatic carbocycles. The molecule has 0 bridgehead atoms. The lowest BCUT2D eigenvalue weighted by Gasteiger charge is -2.04. The first-order valence-electron chi connectivity index (χ1n) is 7.70. The van der Waals surface area contributed by atoms with Crippen LogP contribution >= 0.6 is 23.1 Å². The molecule has 3 aromatic heterocycles. The van der Waals surface area contributed by atoms with Crippen LogP contribution in [0, 0.1) is 0 Å². The summed E-state index contributed by atoms with van der Waals surface area (Å²) < 4.78 is 6.55. The van der Waals surface area contributed by atoms with Crippen LogP contribution in [0.3, 0.4) is 0 Å². The number of pyridine rings is 1. The molecule has 3 rings (SSSR count). The lowest BCUT2D eigenvalue weighted by atomic mass is 10.3. The van der Waals surface area contributed by atoms with Gasteiger partial charge in [-0.05, 0) is 12.1 Å². The van der Waals surface area contributed by atoms with Crippen LogP contribution in [-0.4, -0.2) is 21.0 Å². The third-order valence-corrected chi connectivity index (χ3v) is 5.24. The van der Waals surface area contributed by atoms with Gasteiger partial charge in [0.25, 0.3) is 0 Å². The number of urea groups is 1. The number of nitrogens with zero attached hydrogens (tertiary/aromatic N) is 3. The monoisotopic (exact) mass is 375 g/mol. The summed E-state index contributed by atoms with van der Waals surface area (Å²) in [6, 6.07) is 5.26. The SMILES string of the molecule is CCc1cnc(CSc2cnc(NC(=O)NCc3ccccn3)s2)o1. The second-order valence-electron chi connectivity index (χ2n) is 4.98. The van der Waals surface area contributed by atoms with Crippen LogP contribution in [0.1, 0.15) is 24.3 Å². The number of oxazole rings is 1. The average Bonchev–Trinajstić information content (AvgIpc) is 3.28. The molecular weight excluding hydrogens is 358 g/mol. The molecule has 0 radical (unpaired) electrons. The van der Waals surface area contributed by atoms with Crippen LogP contribution in [0.4, 0.5) is 9.93 Å². The molecule has 0 unspecified atom stereocenters. The van der Waals surface area contributed by atoms with E-state index in [1.165, 1.54) is 11.3 Å². The van der Waals surface area contributed by atoms with Crippen molar-refractivity contribution in [2.75, 3.05) is 5.32 Å². The zero-order valence-electron chi connectivity index (χ0n) is 13.6. The number of hydrogen-bond acceptors (Lipinski definition) is 7. The van der Waals surface area contributed by atoms with Gasteiger partial charge in [0.15, 0.2) is 5.13 Å². The molecule has 9 heteroatoms. The number of carbonyl (C=O) groups excluding carboxylic acids is 1. The maximum atomic E-state index is 11.9. The molecule has 130 valence electrons. The maximum absolute atomic E-state index is 11.9. The first-order chi connectivity index (χ1) is 12.2. The largest absolute Gasteiger partial charge is 0.445 e. The van der Waals surface area contributed by atoms with Crippen molar-refractivity contribution in [1.29, 1.82) is 0 Å². The predicted octanol–water partition coefficient (Wildman–Crippen LogP) is 3.70. The molecule has 0 aliphatic heterocycles. The normalized spacial score (nSPS) is 10.6. The van der Waals surface area contributed by atoms with E-state index in [0.29, 0.717) is 23.3 Å². The van der Waals surface area contributed by atoms with E-state index in [0.717, 1.165) is 22.1 Å². The second kappa shape index (κ2) is 8.63. The standard InChI is InChI=1S/C16H17N5O2S2/c1-2-12-8-18-13(23-12)10-24-14-9-20-16(25-14)21-15(22)19-7-11-5-3-4-6-17-11/h3-6,8-9H,2,7,10H2,1H3,(H2,19,20,21,22). The summed E-state index contributed by atoms with van der Waals surface area (Å²) in [4.78, 5) is 24.5. The van der Waals surface area contributed by atoms with Gasteiger partial charge in [-0.3, -0.25) is 10.3 Å². The Bertz CT molecular complexity index is 819. The van der Waals surface area contributed by atoms with Crippen molar-refractivity contribution < 1.29 is 9.21 Å². The number of anilines is 1. The number of thiazole rings is 1.